The number of anilines is 1. The van der Waals surface area contributed by atoms with Crippen molar-refractivity contribution in [2.24, 2.45) is 0 Å². The van der Waals surface area contributed by atoms with Crippen LogP contribution < -0.4 is 16.5 Å². The first kappa shape index (κ1) is 19.6. The highest BCUT2D eigenvalue weighted by Gasteiger charge is 2.38. The Bertz CT molecular complexity index is 837. The van der Waals surface area contributed by atoms with Gasteiger partial charge < -0.3 is 11.2 Å². The van der Waals surface area contributed by atoms with Crippen molar-refractivity contribution in [2.75, 3.05) is 16.9 Å². The van der Waals surface area contributed by atoms with Gasteiger partial charge in [-0.2, -0.15) is 13.2 Å². The van der Waals surface area contributed by atoms with Gasteiger partial charge in [0.1, 0.15) is 0 Å². The van der Waals surface area contributed by atoms with Crippen LogP contribution in [0.15, 0.2) is 23.4 Å². The van der Waals surface area contributed by atoms with Crippen LogP contribution in [0.4, 0.5) is 23.7 Å². The fourth-order valence-corrected chi connectivity index (χ4v) is 2.50. The number of aromatic nitrogens is 3. The van der Waals surface area contributed by atoms with Crippen molar-refractivity contribution in [3.05, 3.63) is 35.2 Å². The summed E-state index contributed by atoms with van der Waals surface area (Å²) in [4.78, 5) is 23.5. The predicted octanol–water partition coefficient (Wildman–Crippen LogP) is 2.07. The molecule has 0 fully saturated rings. The summed E-state index contributed by atoms with van der Waals surface area (Å²) in [7, 11) is 0. The van der Waals surface area contributed by atoms with E-state index >= 15 is 0 Å². The summed E-state index contributed by atoms with van der Waals surface area (Å²) in [5, 5.41) is 10.4. The molecular weight excluding hydrogens is 373 g/mol. The normalized spacial score (nSPS) is 11.3. The molecule has 1 aromatic heterocycles. The number of carbonyl (C=O) groups is 2. The Labute approximate surface area is 150 Å². The van der Waals surface area contributed by atoms with Crippen molar-refractivity contribution in [1.29, 1.82) is 0 Å². The summed E-state index contributed by atoms with van der Waals surface area (Å²) < 4.78 is 37.9. The number of nitrogens with zero attached hydrogens (tertiary/aromatic N) is 3. The molecule has 140 valence electrons. The molecule has 8 nitrogen and oxygen atoms in total. The first-order valence-electron chi connectivity index (χ1n) is 7.16. The molecule has 2 aromatic rings. The number of nitrogen functional groups attached to an aromatic ring is 1. The van der Waals surface area contributed by atoms with Gasteiger partial charge in [0.25, 0.3) is 5.82 Å². The van der Waals surface area contributed by atoms with E-state index in [1.54, 1.807) is 12.1 Å². The van der Waals surface area contributed by atoms with Crippen LogP contribution in [0.3, 0.4) is 0 Å². The van der Waals surface area contributed by atoms with Crippen LogP contribution in [-0.4, -0.2) is 32.6 Å². The van der Waals surface area contributed by atoms with Crippen LogP contribution in [-0.2, 0) is 11.0 Å². The maximum Gasteiger partial charge on any atom is 0.453 e. The lowest BCUT2D eigenvalue weighted by molar-refractivity contribution is -0.146. The van der Waals surface area contributed by atoms with Crippen LogP contribution in [0.5, 0.6) is 0 Å². The molecule has 0 saturated heterocycles. The highest BCUT2D eigenvalue weighted by Crippen LogP contribution is 2.28. The largest absolute Gasteiger partial charge is 0.453 e. The standard InChI is InChI=1S/C14H15F3N6O2S/c1-7-3-4-9(5-8(7)2)19-12(25)20-10(24)6-26-13-22-21-11(23(13)18)14(15,16)17/h3-5H,6,18H2,1-2H3,(H2,19,20,24,25). The maximum atomic E-state index is 12.5. The minimum Gasteiger partial charge on any atom is -0.335 e. The van der Waals surface area contributed by atoms with E-state index in [4.69, 9.17) is 5.84 Å². The monoisotopic (exact) mass is 388 g/mol. The Morgan fingerprint density at radius 3 is 2.50 bits per heavy atom. The predicted molar refractivity (Wildman–Crippen MR) is 89.0 cm³/mol. The molecule has 0 unspecified atom stereocenters. The number of alkyl halides is 3. The Kier molecular flexibility index (Phi) is 5.75. The van der Waals surface area contributed by atoms with E-state index in [2.05, 4.69) is 20.8 Å². The minimum atomic E-state index is -4.76. The van der Waals surface area contributed by atoms with Crippen LogP contribution >= 0.6 is 11.8 Å². The molecule has 3 amide bonds. The van der Waals surface area contributed by atoms with Crippen LogP contribution in [0.1, 0.15) is 17.0 Å². The lowest BCUT2D eigenvalue weighted by Crippen LogP contribution is -2.35. The lowest BCUT2D eigenvalue weighted by atomic mass is 10.1. The molecule has 0 bridgehead atoms. The van der Waals surface area contributed by atoms with E-state index in [0.717, 1.165) is 11.1 Å². The van der Waals surface area contributed by atoms with Gasteiger partial charge in [-0.1, -0.05) is 17.8 Å². The summed E-state index contributed by atoms with van der Waals surface area (Å²) in [5.41, 5.74) is 2.52. The average molecular weight is 388 g/mol. The van der Waals surface area contributed by atoms with Crippen molar-refractivity contribution < 1.29 is 22.8 Å². The SMILES string of the molecule is Cc1ccc(NC(=O)NC(=O)CSc2nnc(C(F)(F)F)n2N)cc1C. The molecule has 0 saturated carbocycles. The summed E-state index contributed by atoms with van der Waals surface area (Å²) in [6.07, 6.45) is -4.76. The Balaban J connectivity index is 1.88. The summed E-state index contributed by atoms with van der Waals surface area (Å²) >= 11 is 0.617. The third-order valence-corrected chi connectivity index (χ3v) is 4.21. The van der Waals surface area contributed by atoms with E-state index in [9.17, 15) is 22.8 Å². The topological polar surface area (TPSA) is 115 Å². The zero-order valence-electron chi connectivity index (χ0n) is 13.7. The molecule has 0 atom stereocenters. The molecule has 1 aromatic carbocycles. The third kappa shape index (κ3) is 4.88. The number of hydrogen-bond donors (Lipinski definition) is 3. The smallest absolute Gasteiger partial charge is 0.335 e. The number of carbonyl (C=O) groups excluding carboxylic acids is 2. The third-order valence-electron chi connectivity index (χ3n) is 3.27. The van der Waals surface area contributed by atoms with Crippen LogP contribution in [0.2, 0.25) is 0 Å². The highest BCUT2D eigenvalue weighted by atomic mass is 32.2. The Morgan fingerprint density at radius 1 is 1.23 bits per heavy atom. The van der Waals surface area contributed by atoms with Gasteiger partial charge in [-0.3, -0.25) is 10.1 Å². The van der Waals surface area contributed by atoms with E-state index < -0.39 is 23.9 Å². The van der Waals surface area contributed by atoms with Gasteiger partial charge in [-0.25, -0.2) is 9.47 Å². The molecule has 12 heteroatoms. The lowest BCUT2D eigenvalue weighted by Gasteiger charge is -2.08. The second kappa shape index (κ2) is 7.64. The molecule has 0 radical (unpaired) electrons. The van der Waals surface area contributed by atoms with Gasteiger partial charge in [0.15, 0.2) is 0 Å². The van der Waals surface area contributed by atoms with E-state index in [-0.39, 0.29) is 15.6 Å². The second-order valence-electron chi connectivity index (χ2n) is 5.26. The number of nitrogens with two attached hydrogens (primary N) is 1. The van der Waals surface area contributed by atoms with Gasteiger partial charge in [-0.05, 0) is 37.1 Å². The second-order valence-corrected chi connectivity index (χ2v) is 6.21. The minimum absolute atomic E-state index is 0.243. The zero-order chi connectivity index (χ0) is 19.5. The molecule has 2 rings (SSSR count). The number of aryl methyl sites for hydroxylation is 2. The summed E-state index contributed by atoms with van der Waals surface area (Å²) in [5.74, 6) is 2.77. The molecule has 0 aliphatic rings. The first-order chi connectivity index (χ1) is 12.1. The van der Waals surface area contributed by atoms with Gasteiger partial charge >= 0.3 is 12.2 Å². The van der Waals surface area contributed by atoms with Crippen molar-refractivity contribution in [2.45, 2.75) is 25.2 Å². The number of halogens is 3. The number of rotatable bonds is 4. The zero-order valence-corrected chi connectivity index (χ0v) is 14.5. The van der Waals surface area contributed by atoms with Crippen LogP contribution in [0.25, 0.3) is 0 Å². The maximum absolute atomic E-state index is 12.5. The molecule has 4 N–H and O–H groups in total. The molecule has 0 aliphatic carbocycles. The Morgan fingerprint density at radius 2 is 1.92 bits per heavy atom. The van der Waals surface area contributed by atoms with E-state index in [0.29, 0.717) is 17.4 Å². The number of imide groups is 1. The molecule has 0 aliphatic heterocycles. The first-order valence-corrected chi connectivity index (χ1v) is 8.15. The molecule has 1 heterocycles. The number of urea groups is 1. The van der Waals surface area contributed by atoms with E-state index in [1.807, 2.05) is 19.9 Å². The quantitative estimate of drug-likeness (QED) is 0.546. The van der Waals surface area contributed by atoms with Crippen molar-refractivity contribution in [3.8, 4) is 0 Å². The van der Waals surface area contributed by atoms with Gasteiger partial charge in [0.2, 0.25) is 11.1 Å². The van der Waals surface area contributed by atoms with Gasteiger partial charge in [0.05, 0.1) is 5.75 Å². The average Bonchev–Trinajstić information content (AvgIpc) is 2.90. The van der Waals surface area contributed by atoms with Crippen molar-refractivity contribution >= 4 is 29.4 Å². The number of hydrogen-bond acceptors (Lipinski definition) is 6. The highest BCUT2D eigenvalue weighted by molar-refractivity contribution is 7.99. The van der Waals surface area contributed by atoms with E-state index in [1.165, 1.54) is 0 Å². The number of benzene rings is 1. The summed E-state index contributed by atoms with van der Waals surface area (Å²) in [6, 6.07) is 4.47. The molecule has 0 spiro atoms. The van der Waals surface area contributed by atoms with Crippen molar-refractivity contribution in [1.82, 2.24) is 20.2 Å². The Hall–Kier alpha value is -2.76. The number of thioether (sulfide) groups is 1. The van der Waals surface area contributed by atoms with Gasteiger partial charge in [0, 0.05) is 5.69 Å². The number of amides is 3. The van der Waals surface area contributed by atoms with Crippen LogP contribution in [0, 0.1) is 13.8 Å². The molecule has 26 heavy (non-hydrogen) atoms. The fraction of sp³-hybridized carbons (Fsp3) is 0.286. The molecular formula is C14H15F3N6O2S. The number of nitrogens with one attached hydrogen (secondary N) is 2. The van der Waals surface area contributed by atoms with Gasteiger partial charge in [-0.15, -0.1) is 10.2 Å². The summed E-state index contributed by atoms with van der Waals surface area (Å²) in [6.45, 7) is 3.79. The fourth-order valence-electron chi connectivity index (χ4n) is 1.84. The van der Waals surface area contributed by atoms with Crippen molar-refractivity contribution in [3.63, 3.8) is 0 Å².